The van der Waals surface area contributed by atoms with Crippen molar-refractivity contribution in [1.82, 2.24) is 5.32 Å². The van der Waals surface area contributed by atoms with Crippen LogP contribution in [-0.4, -0.2) is 11.4 Å². The largest absolute Gasteiger partial charge is 0.350 e. The maximum absolute atomic E-state index is 11.9. The second-order valence-electron chi connectivity index (χ2n) is 4.14. The fraction of sp³-hybridized carbons (Fsp3) is 0.462. The zero-order chi connectivity index (χ0) is 12.9. The average molecular weight is 255 g/mol. The van der Waals surface area contributed by atoms with E-state index in [9.17, 15) is 4.79 Å². The van der Waals surface area contributed by atoms with Gasteiger partial charge in [-0.05, 0) is 24.5 Å². The first-order chi connectivity index (χ1) is 8.03. The number of halogens is 1. The number of amides is 1. The Morgan fingerprint density at radius 2 is 1.94 bits per heavy atom. The molecule has 0 heterocycles. The molecule has 3 nitrogen and oxygen atoms in total. The molecule has 1 amide bonds. The van der Waals surface area contributed by atoms with Crippen LogP contribution in [0.2, 0.25) is 5.02 Å². The molecule has 0 fully saturated rings. The number of nitrogens with two attached hydrogens (primary N) is 1. The highest BCUT2D eigenvalue weighted by Gasteiger charge is 2.29. The first kappa shape index (κ1) is 14.0. The molecule has 0 saturated heterocycles. The Labute approximate surface area is 107 Å². The molecule has 94 valence electrons. The normalized spacial score (nSPS) is 11.3. The molecule has 0 aromatic heterocycles. The summed E-state index contributed by atoms with van der Waals surface area (Å²) in [5.41, 5.74) is 6.12. The molecule has 0 atom stereocenters. The van der Waals surface area contributed by atoms with Crippen LogP contribution in [0.1, 0.15) is 32.3 Å². The van der Waals surface area contributed by atoms with E-state index in [0.717, 1.165) is 5.56 Å². The average Bonchev–Trinajstić information content (AvgIpc) is 2.36. The van der Waals surface area contributed by atoms with Crippen molar-refractivity contribution in [2.75, 3.05) is 0 Å². The van der Waals surface area contributed by atoms with E-state index in [0.29, 0.717) is 24.4 Å². The van der Waals surface area contributed by atoms with Crippen LogP contribution in [-0.2, 0) is 11.3 Å². The summed E-state index contributed by atoms with van der Waals surface area (Å²) in [5, 5.41) is 3.49. The molecule has 1 aromatic carbocycles. The Balaban J connectivity index is 2.63. The minimum absolute atomic E-state index is 0.123. The first-order valence-electron chi connectivity index (χ1n) is 5.84. The van der Waals surface area contributed by atoms with Crippen molar-refractivity contribution in [3.8, 4) is 0 Å². The van der Waals surface area contributed by atoms with Gasteiger partial charge in [0.25, 0.3) is 0 Å². The van der Waals surface area contributed by atoms with Gasteiger partial charge in [0.05, 0.1) is 5.54 Å². The van der Waals surface area contributed by atoms with E-state index < -0.39 is 5.54 Å². The smallest absolute Gasteiger partial charge is 0.240 e. The summed E-state index contributed by atoms with van der Waals surface area (Å²) in [7, 11) is 0. The summed E-state index contributed by atoms with van der Waals surface area (Å²) in [5.74, 6) is -0.123. The highest BCUT2D eigenvalue weighted by Crippen LogP contribution is 2.16. The van der Waals surface area contributed by atoms with Crippen molar-refractivity contribution in [1.29, 1.82) is 0 Å². The molecule has 1 rings (SSSR count). The van der Waals surface area contributed by atoms with Crippen LogP contribution in [0.5, 0.6) is 0 Å². The maximum Gasteiger partial charge on any atom is 0.240 e. The number of hydrogen-bond donors (Lipinski definition) is 2. The molecule has 17 heavy (non-hydrogen) atoms. The van der Waals surface area contributed by atoms with Gasteiger partial charge in [0.1, 0.15) is 0 Å². The van der Waals surface area contributed by atoms with Crippen LogP contribution in [0.15, 0.2) is 24.3 Å². The van der Waals surface area contributed by atoms with E-state index in [2.05, 4.69) is 5.32 Å². The predicted molar refractivity (Wildman–Crippen MR) is 70.8 cm³/mol. The third-order valence-corrected chi connectivity index (χ3v) is 3.48. The van der Waals surface area contributed by atoms with Crippen LogP contribution >= 0.6 is 11.6 Å². The molecule has 0 spiro atoms. The second-order valence-corrected chi connectivity index (χ2v) is 4.54. The summed E-state index contributed by atoms with van der Waals surface area (Å²) in [6.45, 7) is 4.24. The molecule has 4 heteroatoms. The van der Waals surface area contributed by atoms with Crippen LogP contribution in [0.3, 0.4) is 0 Å². The molecule has 0 aliphatic carbocycles. The lowest BCUT2D eigenvalue weighted by molar-refractivity contribution is -0.126. The Kier molecular flexibility index (Phi) is 4.97. The summed E-state index contributed by atoms with van der Waals surface area (Å²) in [4.78, 5) is 11.9. The second kappa shape index (κ2) is 6.03. The lowest BCUT2D eigenvalue weighted by Gasteiger charge is -2.25. The SMILES string of the molecule is CCC(N)(CC)C(=O)NCc1ccccc1Cl. The van der Waals surface area contributed by atoms with Crippen molar-refractivity contribution in [3.63, 3.8) is 0 Å². The van der Waals surface area contributed by atoms with Crippen LogP contribution < -0.4 is 11.1 Å². The third-order valence-electron chi connectivity index (χ3n) is 3.11. The lowest BCUT2D eigenvalue weighted by Crippen LogP contribution is -2.52. The Hall–Kier alpha value is -1.06. The number of rotatable bonds is 5. The van der Waals surface area contributed by atoms with Gasteiger partial charge in [-0.25, -0.2) is 0 Å². The topological polar surface area (TPSA) is 55.1 Å². The molecule has 1 aromatic rings. The number of hydrogen-bond acceptors (Lipinski definition) is 2. The quantitative estimate of drug-likeness (QED) is 0.848. The van der Waals surface area contributed by atoms with Crippen LogP contribution in [0.25, 0.3) is 0 Å². The lowest BCUT2D eigenvalue weighted by atomic mass is 9.93. The van der Waals surface area contributed by atoms with E-state index in [1.807, 2.05) is 32.0 Å². The minimum atomic E-state index is -0.777. The number of benzene rings is 1. The summed E-state index contributed by atoms with van der Waals surface area (Å²) < 4.78 is 0. The van der Waals surface area contributed by atoms with Gasteiger partial charge in [0.15, 0.2) is 0 Å². The van der Waals surface area contributed by atoms with Gasteiger partial charge >= 0.3 is 0 Å². The van der Waals surface area contributed by atoms with E-state index in [4.69, 9.17) is 17.3 Å². The zero-order valence-electron chi connectivity index (χ0n) is 10.3. The Morgan fingerprint density at radius 3 is 2.47 bits per heavy atom. The summed E-state index contributed by atoms with van der Waals surface area (Å²) >= 11 is 6.01. The summed E-state index contributed by atoms with van der Waals surface area (Å²) in [6, 6.07) is 7.44. The highest BCUT2D eigenvalue weighted by atomic mass is 35.5. The Bertz CT molecular complexity index is 389. The maximum atomic E-state index is 11.9. The molecular weight excluding hydrogens is 236 g/mol. The van der Waals surface area contributed by atoms with E-state index in [-0.39, 0.29) is 5.91 Å². The van der Waals surface area contributed by atoms with Gasteiger partial charge < -0.3 is 11.1 Å². The van der Waals surface area contributed by atoms with Crippen molar-refractivity contribution < 1.29 is 4.79 Å². The van der Waals surface area contributed by atoms with Gasteiger partial charge in [0, 0.05) is 11.6 Å². The molecule has 0 unspecified atom stereocenters. The molecule has 3 N–H and O–H groups in total. The van der Waals surface area contributed by atoms with Crippen molar-refractivity contribution >= 4 is 17.5 Å². The monoisotopic (exact) mass is 254 g/mol. The number of nitrogens with one attached hydrogen (secondary N) is 1. The van der Waals surface area contributed by atoms with Crippen molar-refractivity contribution in [3.05, 3.63) is 34.9 Å². The fourth-order valence-electron chi connectivity index (χ4n) is 1.56. The van der Waals surface area contributed by atoms with Gasteiger partial charge in [-0.1, -0.05) is 43.6 Å². The number of carbonyl (C=O) groups is 1. The third kappa shape index (κ3) is 3.45. The van der Waals surface area contributed by atoms with Crippen LogP contribution in [0, 0.1) is 0 Å². The van der Waals surface area contributed by atoms with Crippen LogP contribution in [0.4, 0.5) is 0 Å². The van der Waals surface area contributed by atoms with Gasteiger partial charge in [0.2, 0.25) is 5.91 Å². The van der Waals surface area contributed by atoms with Crippen molar-refractivity contribution in [2.24, 2.45) is 5.73 Å². The Morgan fingerprint density at radius 1 is 1.35 bits per heavy atom. The number of carbonyl (C=O) groups excluding carboxylic acids is 1. The zero-order valence-corrected chi connectivity index (χ0v) is 11.1. The molecule has 0 bridgehead atoms. The molecular formula is C13H19ClN2O. The standard InChI is InChI=1S/C13H19ClN2O/c1-3-13(15,4-2)12(17)16-9-10-7-5-6-8-11(10)14/h5-8H,3-4,9,15H2,1-2H3,(H,16,17). The van der Waals surface area contributed by atoms with E-state index >= 15 is 0 Å². The molecule has 0 radical (unpaired) electrons. The predicted octanol–water partition coefficient (Wildman–Crippen LogP) is 2.47. The van der Waals surface area contributed by atoms with Gasteiger partial charge in [-0.15, -0.1) is 0 Å². The molecule has 0 aliphatic heterocycles. The van der Waals surface area contributed by atoms with Gasteiger partial charge in [-0.2, -0.15) is 0 Å². The minimum Gasteiger partial charge on any atom is -0.350 e. The molecule has 0 aliphatic rings. The van der Waals surface area contributed by atoms with E-state index in [1.165, 1.54) is 0 Å². The fourth-order valence-corrected chi connectivity index (χ4v) is 1.77. The summed E-state index contributed by atoms with van der Waals surface area (Å²) in [6.07, 6.45) is 1.25. The van der Waals surface area contributed by atoms with E-state index in [1.54, 1.807) is 6.07 Å². The molecule has 0 saturated carbocycles. The highest BCUT2D eigenvalue weighted by molar-refractivity contribution is 6.31. The first-order valence-corrected chi connectivity index (χ1v) is 6.22. The van der Waals surface area contributed by atoms with Crippen molar-refractivity contribution in [2.45, 2.75) is 38.8 Å². The van der Waals surface area contributed by atoms with Gasteiger partial charge in [-0.3, -0.25) is 4.79 Å².